The Kier molecular flexibility index (Phi) is 5.00. The first-order valence-corrected chi connectivity index (χ1v) is 6.16. The van der Waals surface area contributed by atoms with E-state index in [2.05, 4.69) is 31.0 Å². The van der Waals surface area contributed by atoms with Crippen molar-refractivity contribution in [3.8, 4) is 0 Å². The summed E-state index contributed by atoms with van der Waals surface area (Å²) in [4.78, 5) is 2.43. The first-order valence-electron chi connectivity index (χ1n) is 6.16. The van der Waals surface area contributed by atoms with Crippen molar-refractivity contribution in [1.82, 2.24) is 10.2 Å². The summed E-state index contributed by atoms with van der Waals surface area (Å²) < 4.78 is 12.2. The maximum atomic E-state index is 12.2. The summed E-state index contributed by atoms with van der Waals surface area (Å²) in [6, 6.07) is 0.581. The fourth-order valence-corrected chi connectivity index (χ4v) is 2.22. The highest BCUT2D eigenvalue weighted by molar-refractivity contribution is 4.90. The lowest BCUT2D eigenvalue weighted by molar-refractivity contribution is 0.165. The molecule has 1 aliphatic heterocycles. The predicted octanol–water partition coefficient (Wildman–Crippen LogP) is 2.20. The van der Waals surface area contributed by atoms with Gasteiger partial charge in [0.1, 0.15) is 0 Å². The lowest BCUT2D eigenvalue weighted by Gasteiger charge is -2.34. The van der Waals surface area contributed by atoms with Gasteiger partial charge in [0.25, 0.3) is 0 Å². The molecule has 90 valence electrons. The van der Waals surface area contributed by atoms with Crippen LogP contribution >= 0.6 is 0 Å². The van der Waals surface area contributed by atoms with Gasteiger partial charge in [-0.1, -0.05) is 6.92 Å². The summed E-state index contributed by atoms with van der Waals surface area (Å²) in [6.45, 7) is 9.57. The molecule has 0 spiro atoms. The number of hydrogen-bond acceptors (Lipinski definition) is 2. The molecule has 0 aromatic rings. The molecule has 3 heteroatoms. The molecule has 0 amide bonds. The van der Waals surface area contributed by atoms with E-state index < -0.39 is 0 Å². The molecule has 1 saturated heterocycles. The summed E-state index contributed by atoms with van der Waals surface area (Å²) in [7, 11) is 0. The molecule has 0 radical (unpaired) electrons. The molecule has 0 aromatic heterocycles. The topological polar surface area (TPSA) is 15.3 Å². The molecule has 0 saturated carbocycles. The average molecular weight is 216 g/mol. The summed E-state index contributed by atoms with van der Waals surface area (Å²) in [6.07, 6.45) is 2.97. The van der Waals surface area contributed by atoms with Gasteiger partial charge in [0.2, 0.25) is 0 Å². The van der Waals surface area contributed by atoms with Crippen LogP contribution in [0.15, 0.2) is 0 Å². The van der Waals surface area contributed by atoms with Crippen molar-refractivity contribution in [3.05, 3.63) is 0 Å². The van der Waals surface area contributed by atoms with Gasteiger partial charge in [-0.2, -0.15) is 0 Å². The molecule has 1 heterocycles. The summed E-state index contributed by atoms with van der Waals surface area (Å²) in [5, 5.41) is 3.61. The maximum absolute atomic E-state index is 12.2. The lowest BCUT2D eigenvalue weighted by Crippen LogP contribution is -2.49. The molecule has 1 aliphatic rings. The molecule has 15 heavy (non-hydrogen) atoms. The highest BCUT2D eigenvalue weighted by atomic mass is 19.1. The largest absolute Gasteiger partial charge is 0.310 e. The summed E-state index contributed by atoms with van der Waals surface area (Å²) >= 11 is 0. The monoisotopic (exact) mass is 216 g/mol. The van der Waals surface area contributed by atoms with Crippen molar-refractivity contribution in [3.63, 3.8) is 0 Å². The number of rotatable bonds is 4. The van der Waals surface area contributed by atoms with Gasteiger partial charge in [0.05, 0.1) is 6.67 Å². The van der Waals surface area contributed by atoms with E-state index in [1.54, 1.807) is 0 Å². The number of alkyl halides is 1. The van der Waals surface area contributed by atoms with Crippen LogP contribution in [0.5, 0.6) is 0 Å². The molecule has 1 rings (SSSR count). The Hall–Kier alpha value is -0.150. The normalized spacial score (nSPS) is 34.0. The number of halogens is 1. The van der Waals surface area contributed by atoms with Crippen LogP contribution in [0.3, 0.4) is 0 Å². The van der Waals surface area contributed by atoms with Crippen LogP contribution in [-0.4, -0.2) is 42.8 Å². The smallest absolute Gasteiger partial charge is 0.0906 e. The Morgan fingerprint density at radius 3 is 2.87 bits per heavy atom. The summed E-state index contributed by atoms with van der Waals surface area (Å²) in [5.74, 6) is 0. The van der Waals surface area contributed by atoms with E-state index >= 15 is 0 Å². The van der Waals surface area contributed by atoms with Crippen LogP contribution in [0.4, 0.5) is 4.39 Å². The van der Waals surface area contributed by atoms with Crippen molar-refractivity contribution in [2.24, 2.45) is 0 Å². The van der Waals surface area contributed by atoms with Gasteiger partial charge in [0.15, 0.2) is 0 Å². The Bertz CT molecular complexity index is 186. The molecule has 0 aliphatic carbocycles. The molecule has 2 atom stereocenters. The highest BCUT2D eigenvalue weighted by Crippen LogP contribution is 2.18. The molecule has 0 bridgehead atoms. The Balaban J connectivity index is 2.56. The predicted molar refractivity (Wildman–Crippen MR) is 62.9 cm³/mol. The van der Waals surface area contributed by atoms with E-state index in [4.69, 9.17) is 0 Å². The zero-order valence-corrected chi connectivity index (χ0v) is 10.4. The second-order valence-electron chi connectivity index (χ2n) is 4.99. The molecule has 0 aromatic carbocycles. The maximum Gasteiger partial charge on any atom is 0.0906 e. The SMILES string of the molecule is CCC1(C)CN(CCCF)C(C)CCN1. The third-order valence-corrected chi connectivity index (χ3v) is 3.65. The van der Waals surface area contributed by atoms with E-state index in [9.17, 15) is 4.39 Å². The second-order valence-corrected chi connectivity index (χ2v) is 4.99. The number of nitrogens with zero attached hydrogens (tertiary/aromatic N) is 1. The second kappa shape index (κ2) is 5.80. The van der Waals surface area contributed by atoms with Gasteiger partial charge in [-0.15, -0.1) is 0 Å². The number of nitrogens with one attached hydrogen (secondary N) is 1. The van der Waals surface area contributed by atoms with Crippen molar-refractivity contribution in [2.75, 3.05) is 26.3 Å². The van der Waals surface area contributed by atoms with Crippen molar-refractivity contribution in [1.29, 1.82) is 0 Å². The first-order chi connectivity index (χ1) is 7.11. The van der Waals surface area contributed by atoms with Gasteiger partial charge >= 0.3 is 0 Å². The third-order valence-electron chi connectivity index (χ3n) is 3.65. The molecule has 2 unspecified atom stereocenters. The fraction of sp³-hybridized carbons (Fsp3) is 1.00. The minimum absolute atomic E-state index is 0.195. The Morgan fingerprint density at radius 2 is 2.27 bits per heavy atom. The summed E-state index contributed by atoms with van der Waals surface area (Å²) in [5.41, 5.74) is 0.209. The third kappa shape index (κ3) is 3.72. The van der Waals surface area contributed by atoms with Gasteiger partial charge in [0, 0.05) is 24.7 Å². The molecule has 2 nitrogen and oxygen atoms in total. The quantitative estimate of drug-likeness (QED) is 0.775. The van der Waals surface area contributed by atoms with E-state index in [1.165, 1.54) is 6.42 Å². The van der Waals surface area contributed by atoms with Crippen LogP contribution in [0.1, 0.15) is 40.0 Å². The fourth-order valence-electron chi connectivity index (χ4n) is 2.22. The highest BCUT2D eigenvalue weighted by Gasteiger charge is 2.29. The van der Waals surface area contributed by atoms with E-state index in [0.29, 0.717) is 12.5 Å². The van der Waals surface area contributed by atoms with E-state index in [-0.39, 0.29) is 12.2 Å². The molecular formula is C12H25FN2. The molecular weight excluding hydrogens is 191 g/mol. The Morgan fingerprint density at radius 1 is 1.53 bits per heavy atom. The zero-order valence-electron chi connectivity index (χ0n) is 10.4. The molecule has 1 N–H and O–H groups in total. The zero-order chi connectivity index (χ0) is 11.3. The van der Waals surface area contributed by atoms with Crippen LogP contribution < -0.4 is 5.32 Å². The Labute approximate surface area is 93.2 Å². The van der Waals surface area contributed by atoms with Gasteiger partial charge in [-0.25, -0.2) is 0 Å². The molecule has 1 fully saturated rings. The van der Waals surface area contributed by atoms with Crippen LogP contribution in [0.25, 0.3) is 0 Å². The van der Waals surface area contributed by atoms with E-state index in [1.807, 2.05) is 0 Å². The van der Waals surface area contributed by atoms with E-state index in [0.717, 1.165) is 26.1 Å². The van der Waals surface area contributed by atoms with Gasteiger partial charge in [-0.3, -0.25) is 9.29 Å². The van der Waals surface area contributed by atoms with Gasteiger partial charge in [-0.05, 0) is 39.7 Å². The standard InChI is InChI=1S/C12H25FN2/c1-4-12(3)10-15(9-5-7-13)11(2)6-8-14-12/h11,14H,4-10H2,1-3H3. The lowest BCUT2D eigenvalue weighted by atomic mass is 9.98. The minimum atomic E-state index is -0.195. The van der Waals surface area contributed by atoms with Crippen molar-refractivity contribution in [2.45, 2.75) is 51.6 Å². The average Bonchev–Trinajstić information content (AvgIpc) is 2.37. The minimum Gasteiger partial charge on any atom is -0.310 e. The van der Waals surface area contributed by atoms with Gasteiger partial charge < -0.3 is 5.32 Å². The number of hydrogen-bond donors (Lipinski definition) is 1. The van der Waals surface area contributed by atoms with Crippen molar-refractivity contribution < 1.29 is 4.39 Å². The van der Waals surface area contributed by atoms with Crippen molar-refractivity contribution >= 4 is 0 Å². The van der Waals surface area contributed by atoms with Crippen LogP contribution in [-0.2, 0) is 0 Å². The first kappa shape index (κ1) is 12.9. The van der Waals surface area contributed by atoms with Crippen LogP contribution in [0.2, 0.25) is 0 Å². The van der Waals surface area contributed by atoms with Crippen LogP contribution in [0, 0.1) is 0 Å².